The molecule has 2 rings (SSSR count). The zero-order valence-electron chi connectivity index (χ0n) is 15.6. The molecule has 8 heteroatoms. The van der Waals surface area contributed by atoms with Gasteiger partial charge < -0.3 is 19.7 Å². The summed E-state index contributed by atoms with van der Waals surface area (Å²) >= 11 is 5.82. The van der Waals surface area contributed by atoms with Crippen LogP contribution in [0.15, 0.2) is 48.5 Å². The first-order valence-electron chi connectivity index (χ1n) is 8.46. The van der Waals surface area contributed by atoms with E-state index < -0.39 is 18.5 Å². The summed E-state index contributed by atoms with van der Waals surface area (Å²) < 4.78 is 10.6. The van der Waals surface area contributed by atoms with E-state index in [2.05, 4.69) is 5.32 Å². The number of esters is 1. The second kappa shape index (κ2) is 10.3. The van der Waals surface area contributed by atoms with Crippen molar-refractivity contribution in [3.63, 3.8) is 0 Å². The Kier molecular flexibility index (Phi) is 7.83. The van der Waals surface area contributed by atoms with Crippen LogP contribution in [-0.4, -0.2) is 49.9 Å². The Bertz CT molecular complexity index is 819. The van der Waals surface area contributed by atoms with Crippen LogP contribution >= 0.6 is 11.6 Å². The number of carbonyl (C=O) groups is 3. The van der Waals surface area contributed by atoms with Crippen molar-refractivity contribution in [1.29, 1.82) is 0 Å². The van der Waals surface area contributed by atoms with Gasteiger partial charge in [-0.15, -0.1) is 0 Å². The summed E-state index contributed by atoms with van der Waals surface area (Å²) in [5.41, 5.74) is 1.18. The monoisotopic (exact) mass is 404 g/mol. The number of likely N-dealkylation sites (N-methyl/N-ethyl adjacent to an activating group) is 1. The molecule has 0 aromatic heterocycles. The van der Waals surface area contributed by atoms with E-state index in [9.17, 15) is 14.4 Å². The van der Waals surface area contributed by atoms with E-state index in [0.29, 0.717) is 22.9 Å². The summed E-state index contributed by atoms with van der Waals surface area (Å²) in [6.45, 7) is -0.272. The predicted octanol–water partition coefficient (Wildman–Crippen LogP) is 2.28. The molecule has 0 aliphatic rings. The second-order valence-electron chi connectivity index (χ2n) is 6.08. The fourth-order valence-electron chi connectivity index (χ4n) is 2.03. The topological polar surface area (TPSA) is 84.9 Å². The Morgan fingerprint density at radius 3 is 2.25 bits per heavy atom. The number of carbonyl (C=O) groups excluding carboxylic acids is 3. The number of halogens is 1. The molecule has 0 radical (unpaired) electrons. The van der Waals surface area contributed by atoms with Crippen molar-refractivity contribution in [1.82, 2.24) is 10.2 Å². The molecule has 0 aliphatic carbocycles. The van der Waals surface area contributed by atoms with Crippen molar-refractivity contribution >= 4 is 29.4 Å². The van der Waals surface area contributed by atoms with Crippen molar-refractivity contribution in [2.45, 2.75) is 6.61 Å². The van der Waals surface area contributed by atoms with Crippen LogP contribution in [0.3, 0.4) is 0 Å². The minimum atomic E-state index is -0.626. The first kappa shape index (κ1) is 21.2. The Balaban J connectivity index is 1.77. The first-order valence-corrected chi connectivity index (χ1v) is 8.84. The summed E-state index contributed by atoms with van der Waals surface area (Å²) in [6, 6.07) is 13.7. The maximum absolute atomic E-state index is 12.0. The lowest BCUT2D eigenvalue weighted by Gasteiger charge is -2.11. The molecule has 0 heterocycles. The Hall–Kier alpha value is -3.06. The zero-order valence-corrected chi connectivity index (χ0v) is 16.4. The molecule has 7 nitrogen and oxygen atoms in total. The van der Waals surface area contributed by atoms with Crippen molar-refractivity contribution in [2.24, 2.45) is 0 Å². The molecular weight excluding hydrogens is 384 g/mol. The SMILES string of the molecule is CN(C)C(=O)CNC(=O)COC(=O)c1ccc(COc2ccc(Cl)cc2)cc1. The van der Waals surface area contributed by atoms with Crippen molar-refractivity contribution in [2.75, 3.05) is 27.2 Å². The maximum atomic E-state index is 12.0. The van der Waals surface area contributed by atoms with Crippen LogP contribution in [0.5, 0.6) is 5.75 Å². The number of ether oxygens (including phenoxy) is 2. The molecule has 0 unspecified atom stereocenters. The number of hydrogen-bond acceptors (Lipinski definition) is 5. The van der Waals surface area contributed by atoms with Crippen LogP contribution in [0.4, 0.5) is 0 Å². The molecule has 0 saturated carbocycles. The summed E-state index contributed by atoms with van der Waals surface area (Å²) in [4.78, 5) is 36.4. The van der Waals surface area contributed by atoms with Crippen LogP contribution in [-0.2, 0) is 20.9 Å². The highest BCUT2D eigenvalue weighted by Crippen LogP contribution is 2.17. The van der Waals surface area contributed by atoms with Crippen molar-refractivity contribution in [3.05, 3.63) is 64.7 Å². The third-order valence-electron chi connectivity index (χ3n) is 3.68. The molecule has 0 atom stereocenters. The molecule has 2 aromatic rings. The molecule has 0 fully saturated rings. The maximum Gasteiger partial charge on any atom is 0.338 e. The predicted molar refractivity (Wildman–Crippen MR) is 104 cm³/mol. The quantitative estimate of drug-likeness (QED) is 0.682. The average Bonchev–Trinajstić information content (AvgIpc) is 2.70. The molecule has 148 valence electrons. The highest BCUT2D eigenvalue weighted by molar-refractivity contribution is 6.30. The van der Waals surface area contributed by atoms with Crippen LogP contribution in [0.25, 0.3) is 0 Å². The van der Waals surface area contributed by atoms with Gasteiger partial charge in [0, 0.05) is 19.1 Å². The number of rotatable bonds is 8. The minimum absolute atomic E-state index is 0.147. The van der Waals surface area contributed by atoms with E-state index in [1.165, 1.54) is 4.90 Å². The summed E-state index contributed by atoms with van der Waals surface area (Å²) in [5, 5.41) is 3.02. The molecule has 1 N–H and O–H groups in total. The van der Waals surface area contributed by atoms with Gasteiger partial charge in [-0.2, -0.15) is 0 Å². The standard InChI is InChI=1S/C20H21ClN2O5/c1-23(2)19(25)11-22-18(24)13-28-20(26)15-5-3-14(4-6-15)12-27-17-9-7-16(21)8-10-17/h3-10H,11-13H2,1-2H3,(H,22,24). The fraction of sp³-hybridized carbons (Fsp3) is 0.250. The molecule has 0 spiro atoms. The van der Waals surface area contributed by atoms with Gasteiger partial charge in [-0.1, -0.05) is 23.7 Å². The average molecular weight is 405 g/mol. The van der Waals surface area contributed by atoms with Gasteiger partial charge in [-0.25, -0.2) is 4.79 Å². The second-order valence-corrected chi connectivity index (χ2v) is 6.52. The fourth-order valence-corrected chi connectivity index (χ4v) is 2.16. The van der Waals surface area contributed by atoms with E-state index in [4.69, 9.17) is 21.1 Å². The summed E-state index contributed by atoms with van der Waals surface area (Å²) in [6.07, 6.45) is 0. The smallest absolute Gasteiger partial charge is 0.338 e. The molecule has 0 aliphatic heterocycles. The Morgan fingerprint density at radius 1 is 1.00 bits per heavy atom. The molecule has 2 amide bonds. The van der Waals surface area contributed by atoms with Gasteiger partial charge >= 0.3 is 5.97 Å². The lowest BCUT2D eigenvalue weighted by molar-refractivity contribution is -0.131. The summed E-state index contributed by atoms with van der Waals surface area (Å²) in [5.74, 6) is -0.737. The largest absolute Gasteiger partial charge is 0.489 e. The van der Waals surface area contributed by atoms with E-state index >= 15 is 0 Å². The zero-order chi connectivity index (χ0) is 20.5. The van der Waals surface area contributed by atoms with Gasteiger partial charge in [0.25, 0.3) is 5.91 Å². The van der Waals surface area contributed by atoms with Gasteiger partial charge in [0.1, 0.15) is 12.4 Å². The minimum Gasteiger partial charge on any atom is -0.489 e. The lowest BCUT2D eigenvalue weighted by atomic mass is 10.1. The third kappa shape index (κ3) is 6.92. The molecule has 0 saturated heterocycles. The molecule has 2 aromatic carbocycles. The molecule has 0 bridgehead atoms. The van der Waals surface area contributed by atoms with Crippen LogP contribution < -0.4 is 10.1 Å². The van der Waals surface area contributed by atoms with E-state index in [0.717, 1.165) is 5.56 Å². The molecule has 28 heavy (non-hydrogen) atoms. The van der Waals surface area contributed by atoms with E-state index in [1.807, 2.05) is 0 Å². The van der Waals surface area contributed by atoms with Gasteiger partial charge in [0.2, 0.25) is 5.91 Å². The van der Waals surface area contributed by atoms with Crippen molar-refractivity contribution in [3.8, 4) is 5.75 Å². The van der Waals surface area contributed by atoms with Crippen LogP contribution in [0.2, 0.25) is 5.02 Å². The highest BCUT2D eigenvalue weighted by atomic mass is 35.5. The van der Waals surface area contributed by atoms with Gasteiger partial charge in [0.15, 0.2) is 6.61 Å². The number of nitrogens with one attached hydrogen (secondary N) is 1. The van der Waals surface area contributed by atoms with Crippen LogP contribution in [0.1, 0.15) is 15.9 Å². The third-order valence-corrected chi connectivity index (χ3v) is 3.93. The number of benzene rings is 2. The number of hydrogen-bond donors (Lipinski definition) is 1. The lowest BCUT2D eigenvalue weighted by Crippen LogP contribution is -2.38. The van der Waals surface area contributed by atoms with Gasteiger partial charge in [-0.3, -0.25) is 9.59 Å². The molecular formula is C20H21ClN2O5. The normalized spacial score (nSPS) is 10.1. The highest BCUT2D eigenvalue weighted by Gasteiger charge is 2.12. The van der Waals surface area contributed by atoms with E-state index in [1.54, 1.807) is 62.6 Å². The Morgan fingerprint density at radius 2 is 1.64 bits per heavy atom. The Labute approximate surface area is 168 Å². The van der Waals surface area contributed by atoms with Gasteiger partial charge in [-0.05, 0) is 42.0 Å². The van der Waals surface area contributed by atoms with Crippen LogP contribution in [0, 0.1) is 0 Å². The first-order chi connectivity index (χ1) is 13.3. The van der Waals surface area contributed by atoms with E-state index in [-0.39, 0.29) is 12.5 Å². The summed E-state index contributed by atoms with van der Waals surface area (Å²) in [7, 11) is 3.16. The number of amides is 2. The number of nitrogens with zero attached hydrogens (tertiary/aromatic N) is 1. The van der Waals surface area contributed by atoms with Gasteiger partial charge in [0.05, 0.1) is 12.1 Å². The van der Waals surface area contributed by atoms with Crippen molar-refractivity contribution < 1.29 is 23.9 Å².